The van der Waals surface area contributed by atoms with Crippen LogP contribution in [-0.4, -0.2) is 28.8 Å². The van der Waals surface area contributed by atoms with Gasteiger partial charge in [-0.05, 0) is 36.8 Å². The monoisotopic (exact) mass is 312 g/mol. The minimum absolute atomic E-state index is 0.0598. The van der Waals surface area contributed by atoms with Gasteiger partial charge in [0.05, 0.1) is 20.3 Å². The molecule has 3 aromatic rings. The average molecular weight is 312 g/mol. The number of hydrogen-bond acceptors (Lipinski definition) is 5. The van der Waals surface area contributed by atoms with Crippen molar-refractivity contribution in [2.24, 2.45) is 0 Å². The Morgan fingerprint density at radius 1 is 1.09 bits per heavy atom. The largest absolute Gasteiger partial charge is 0.497 e. The van der Waals surface area contributed by atoms with E-state index in [0.717, 1.165) is 28.5 Å². The zero-order valence-corrected chi connectivity index (χ0v) is 13.5. The topological polar surface area (TPSA) is 60.7 Å². The first-order valence-electron chi connectivity index (χ1n) is 7.46. The molecule has 0 radical (unpaired) electrons. The molecule has 1 atom stereocenters. The number of fused-ring (bicyclic) bond motifs is 1. The Morgan fingerprint density at radius 2 is 1.83 bits per heavy atom. The first kappa shape index (κ1) is 15.3. The van der Waals surface area contributed by atoms with Gasteiger partial charge in [-0.25, -0.2) is 0 Å². The van der Waals surface area contributed by atoms with Crippen molar-refractivity contribution in [2.45, 2.75) is 19.5 Å². The molecule has 2 heterocycles. The van der Waals surface area contributed by atoms with E-state index >= 15 is 0 Å². The van der Waals surface area contributed by atoms with Gasteiger partial charge in [-0.15, -0.1) is 10.2 Å². The maximum absolute atomic E-state index is 5.30. The third-order valence-corrected chi connectivity index (χ3v) is 3.75. The van der Waals surface area contributed by atoms with Gasteiger partial charge in [-0.1, -0.05) is 6.07 Å². The van der Waals surface area contributed by atoms with Crippen LogP contribution in [0.1, 0.15) is 24.4 Å². The molecule has 1 N–H and O–H groups in total. The maximum Gasteiger partial charge on any atom is 0.160 e. The number of ether oxygens (including phenoxy) is 2. The quantitative estimate of drug-likeness (QED) is 0.758. The van der Waals surface area contributed by atoms with E-state index in [-0.39, 0.29) is 6.04 Å². The number of nitrogens with one attached hydrogen (secondary N) is 1. The molecule has 1 aromatic carbocycles. The molecule has 6 nitrogen and oxygen atoms in total. The number of hydrogen-bond donors (Lipinski definition) is 1. The lowest BCUT2D eigenvalue weighted by Crippen LogP contribution is -2.20. The lowest BCUT2D eigenvalue weighted by molar-refractivity contribution is 0.392. The predicted octanol–water partition coefficient (Wildman–Crippen LogP) is 2.60. The molecule has 0 fully saturated rings. The van der Waals surface area contributed by atoms with Crippen LogP contribution in [-0.2, 0) is 6.54 Å². The lowest BCUT2D eigenvalue weighted by Gasteiger charge is -2.14. The third-order valence-electron chi connectivity index (χ3n) is 3.75. The third kappa shape index (κ3) is 3.27. The van der Waals surface area contributed by atoms with Crippen molar-refractivity contribution < 1.29 is 9.47 Å². The number of methoxy groups -OCH3 is 2. The Hall–Kier alpha value is -2.60. The minimum Gasteiger partial charge on any atom is -0.497 e. The molecule has 0 spiro atoms. The first-order chi connectivity index (χ1) is 11.2. The van der Waals surface area contributed by atoms with E-state index in [1.807, 2.05) is 47.0 Å². The number of pyridine rings is 1. The highest BCUT2D eigenvalue weighted by Crippen LogP contribution is 2.23. The van der Waals surface area contributed by atoms with Gasteiger partial charge < -0.3 is 14.8 Å². The van der Waals surface area contributed by atoms with E-state index in [4.69, 9.17) is 9.47 Å². The van der Waals surface area contributed by atoms with Crippen molar-refractivity contribution in [3.63, 3.8) is 0 Å². The van der Waals surface area contributed by atoms with Gasteiger partial charge in [-0.2, -0.15) is 0 Å². The Kier molecular flexibility index (Phi) is 4.43. The molecule has 0 aliphatic rings. The van der Waals surface area contributed by atoms with Crippen molar-refractivity contribution >= 4 is 5.65 Å². The normalized spacial score (nSPS) is 12.3. The highest BCUT2D eigenvalue weighted by Gasteiger charge is 2.13. The van der Waals surface area contributed by atoms with Crippen molar-refractivity contribution in [3.05, 3.63) is 54.0 Å². The summed E-state index contributed by atoms with van der Waals surface area (Å²) in [7, 11) is 3.30. The van der Waals surface area contributed by atoms with E-state index in [0.29, 0.717) is 6.54 Å². The summed E-state index contributed by atoms with van der Waals surface area (Å²) in [6.07, 6.45) is 1.97. The molecular weight excluding hydrogens is 292 g/mol. The summed E-state index contributed by atoms with van der Waals surface area (Å²) < 4.78 is 12.6. The summed E-state index contributed by atoms with van der Waals surface area (Å²) in [6, 6.07) is 11.8. The van der Waals surface area contributed by atoms with Crippen LogP contribution in [0.2, 0.25) is 0 Å². The van der Waals surface area contributed by atoms with Crippen molar-refractivity contribution in [2.75, 3.05) is 14.2 Å². The molecular formula is C17H20N4O2. The van der Waals surface area contributed by atoms with Crippen LogP contribution in [0.5, 0.6) is 11.5 Å². The smallest absolute Gasteiger partial charge is 0.160 e. The van der Waals surface area contributed by atoms with Gasteiger partial charge in [0, 0.05) is 18.8 Å². The molecule has 0 unspecified atom stereocenters. The minimum atomic E-state index is 0.0598. The summed E-state index contributed by atoms with van der Waals surface area (Å²) in [5.41, 5.74) is 1.93. The maximum atomic E-state index is 5.30. The highest BCUT2D eigenvalue weighted by molar-refractivity contribution is 5.39. The van der Waals surface area contributed by atoms with Gasteiger partial charge >= 0.3 is 0 Å². The number of nitrogens with zero attached hydrogens (tertiary/aromatic N) is 3. The Labute approximate surface area is 135 Å². The fraction of sp³-hybridized carbons (Fsp3) is 0.294. The van der Waals surface area contributed by atoms with Gasteiger partial charge in [0.1, 0.15) is 11.5 Å². The summed E-state index contributed by atoms with van der Waals surface area (Å²) in [5, 5.41) is 11.9. The predicted molar refractivity (Wildman–Crippen MR) is 87.8 cm³/mol. The summed E-state index contributed by atoms with van der Waals surface area (Å²) in [4.78, 5) is 0. The van der Waals surface area contributed by atoms with Crippen LogP contribution in [0.3, 0.4) is 0 Å². The first-order valence-corrected chi connectivity index (χ1v) is 7.46. The standard InChI is InChI=1S/C17H20N4O2/c1-12(17-20-19-16-6-4-5-7-21(16)17)18-11-13-8-14(22-2)10-15(9-13)23-3/h4-10,12,18H,11H2,1-3H3/t12-/m1/s1. The molecule has 0 aliphatic carbocycles. The molecule has 120 valence electrons. The Morgan fingerprint density at radius 3 is 2.52 bits per heavy atom. The second kappa shape index (κ2) is 6.66. The van der Waals surface area contributed by atoms with E-state index in [9.17, 15) is 0 Å². The van der Waals surface area contributed by atoms with Crippen LogP contribution in [0.25, 0.3) is 5.65 Å². The second-order valence-corrected chi connectivity index (χ2v) is 5.31. The fourth-order valence-electron chi connectivity index (χ4n) is 2.49. The number of aromatic nitrogens is 3. The van der Waals surface area contributed by atoms with Gasteiger partial charge in [0.2, 0.25) is 0 Å². The number of benzene rings is 1. The van der Waals surface area contributed by atoms with E-state index in [1.165, 1.54) is 0 Å². The molecule has 0 saturated heterocycles. The molecule has 23 heavy (non-hydrogen) atoms. The van der Waals surface area contributed by atoms with Crippen molar-refractivity contribution in [3.8, 4) is 11.5 Å². The average Bonchev–Trinajstić information content (AvgIpc) is 3.03. The molecule has 0 aliphatic heterocycles. The van der Waals surface area contributed by atoms with Crippen LogP contribution < -0.4 is 14.8 Å². The van der Waals surface area contributed by atoms with Gasteiger partial charge in [-0.3, -0.25) is 4.40 Å². The van der Waals surface area contributed by atoms with E-state index < -0.39 is 0 Å². The second-order valence-electron chi connectivity index (χ2n) is 5.31. The summed E-state index contributed by atoms with van der Waals surface area (Å²) in [6.45, 7) is 2.75. The molecule has 0 amide bonds. The Balaban J connectivity index is 1.75. The SMILES string of the molecule is COc1cc(CN[C@H](C)c2nnc3ccccn23)cc(OC)c1. The van der Waals surface area contributed by atoms with Gasteiger partial charge in [0.25, 0.3) is 0 Å². The zero-order chi connectivity index (χ0) is 16.2. The van der Waals surface area contributed by atoms with Crippen LogP contribution in [0, 0.1) is 0 Å². The van der Waals surface area contributed by atoms with Crippen LogP contribution in [0.15, 0.2) is 42.6 Å². The van der Waals surface area contributed by atoms with Gasteiger partial charge in [0.15, 0.2) is 11.5 Å². The summed E-state index contributed by atoms with van der Waals surface area (Å²) in [5.74, 6) is 2.44. The molecule has 3 rings (SSSR count). The number of rotatable bonds is 6. The fourth-order valence-corrected chi connectivity index (χ4v) is 2.49. The Bertz CT molecular complexity index is 778. The summed E-state index contributed by atoms with van der Waals surface area (Å²) >= 11 is 0. The van der Waals surface area contributed by atoms with E-state index in [2.05, 4.69) is 22.4 Å². The molecule has 0 saturated carbocycles. The van der Waals surface area contributed by atoms with Crippen LogP contribution in [0.4, 0.5) is 0 Å². The van der Waals surface area contributed by atoms with Crippen molar-refractivity contribution in [1.82, 2.24) is 19.9 Å². The van der Waals surface area contributed by atoms with Crippen molar-refractivity contribution in [1.29, 1.82) is 0 Å². The highest BCUT2D eigenvalue weighted by atomic mass is 16.5. The van der Waals surface area contributed by atoms with Crippen LogP contribution >= 0.6 is 0 Å². The zero-order valence-electron chi connectivity index (χ0n) is 13.5. The lowest BCUT2D eigenvalue weighted by atomic mass is 10.2. The molecule has 0 bridgehead atoms. The molecule has 2 aromatic heterocycles. The molecule has 6 heteroatoms. The van der Waals surface area contributed by atoms with E-state index in [1.54, 1.807) is 14.2 Å².